The summed E-state index contributed by atoms with van der Waals surface area (Å²) in [6.07, 6.45) is 6.25. The average Bonchev–Trinajstić information content (AvgIpc) is 2.94. The first-order chi connectivity index (χ1) is 8.54. The Morgan fingerprint density at radius 3 is 2.33 bits per heavy atom. The highest BCUT2D eigenvalue weighted by Gasteiger charge is 2.29. The fraction of sp³-hybridized carbons (Fsp3) is 0.357. The summed E-state index contributed by atoms with van der Waals surface area (Å²) >= 11 is 0. The van der Waals surface area contributed by atoms with Gasteiger partial charge in [-0.3, -0.25) is 0 Å². The van der Waals surface area contributed by atoms with E-state index in [4.69, 9.17) is 14.7 Å². The number of fused-ring (bicyclic) bond motifs is 2. The van der Waals surface area contributed by atoms with Crippen LogP contribution in [0.15, 0.2) is 47.4 Å². The highest BCUT2D eigenvalue weighted by Crippen LogP contribution is 2.35. The van der Waals surface area contributed by atoms with Crippen molar-refractivity contribution in [2.75, 3.05) is 28.3 Å². The zero-order chi connectivity index (χ0) is 13.7. The van der Waals surface area contributed by atoms with Gasteiger partial charge in [0.25, 0.3) is 0 Å². The Balaban J connectivity index is 0.000000203. The van der Waals surface area contributed by atoms with Crippen LogP contribution in [-0.4, -0.2) is 39.3 Å². The molecule has 2 aliphatic carbocycles. The van der Waals surface area contributed by atoms with Crippen molar-refractivity contribution in [3.8, 4) is 6.07 Å². The molecule has 2 bridgehead atoms. The maximum atomic E-state index is 8.11. The van der Waals surface area contributed by atoms with Gasteiger partial charge in [-0.1, -0.05) is 18.7 Å². The molecule has 0 heterocycles. The van der Waals surface area contributed by atoms with Gasteiger partial charge in [0, 0.05) is 26.8 Å². The summed E-state index contributed by atoms with van der Waals surface area (Å²) in [5.41, 5.74) is 2.82. The molecular weight excluding hydrogens is 228 g/mol. The lowest BCUT2D eigenvalue weighted by Crippen LogP contribution is -2.07. The van der Waals surface area contributed by atoms with Gasteiger partial charge in [-0.15, -0.1) is 0 Å². The van der Waals surface area contributed by atoms with Gasteiger partial charge < -0.3 is 14.4 Å². The van der Waals surface area contributed by atoms with Crippen molar-refractivity contribution in [1.29, 1.82) is 5.26 Å². The Kier molecular flexibility index (Phi) is 4.75. The molecule has 0 aromatic carbocycles. The molecule has 4 nitrogen and oxygen atoms in total. The maximum Gasteiger partial charge on any atom is 0.125 e. The predicted molar refractivity (Wildman–Crippen MR) is 70.5 cm³/mol. The number of nitrogens with zero attached hydrogens (tertiary/aromatic N) is 2. The summed E-state index contributed by atoms with van der Waals surface area (Å²) in [5, 5.41) is 8.11. The summed E-state index contributed by atoms with van der Waals surface area (Å²) in [7, 11) is 6.96. The highest BCUT2D eigenvalue weighted by molar-refractivity contribution is 5.57. The SMILES string of the molecule is C=C(C#N)N(C)C.COC1=C2C=CC(=C1)C2OC. The van der Waals surface area contributed by atoms with E-state index in [-0.39, 0.29) is 6.10 Å². The van der Waals surface area contributed by atoms with E-state index in [2.05, 4.69) is 12.7 Å². The molecule has 0 spiro atoms. The summed E-state index contributed by atoms with van der Waals surface area (Å²) in [5.74, 6) is 0.939. The van der Waals surface area contributed by atoms with Crippen LogP contribution in [0.1, 0.15) is 0 Å². The van der Waals surface area contributed by atoms with E-state index >= 15 is 0 Å². The smallest absolute Gasteiger partial charge is 0.125 e. The van der Waals surface area contributed by atoms with Gasteiger partial charge in [-0.2, -0.15) is 5.26 Å². The first kappa shape index (κ1) is 14.1. The molecule has 0 aliphatic heterocycles. The molecule has 0 saturated carbocycles. The van der Waals surface area contributed by atoms with Crippen LogP contribution in [0.5, 0.6) is 0 Å². The Labute approximate surface area is 108 Å². The van der Waals surface area contributed by atoms with Crippen LogP contribution in [0.25, 0.3) is 0 Å². The van der Waals surface area contributed by atoms with E-state index in [9.17, 15) is 0 Å². The Hall–Kier alpha value is -1.99. The van der Waals surface area contributed by atoms with Gasteiger partial charge in [0.05, 0.1) is 7.11 Å². The maximum absolute atomic E-state index is 8.11. The molecule has 96 valence electrons. The number of ether oxygens (including phenoxy) is 2. The Morgan fingerprint density at radius 2 is 2.06 bits per heavy atom. The van der Waals surface area contributed by atoms with Crippen LogP contribution in [0.4, 0.5) is 0 Å². The van der Waals surface area contributed by atoms with Crippen molar-refractivity contribution in [3.63, 3.8) is 0 Å². The average molecular weight is 246 g/mol. The number of hydrogen-bond acceptors (Lipinski definition) is 4. The molecule has 0 aromatic heterocycles. The molecule has 0 radical (unpaired) electrons. The lowest BCUT2D eigenvalue weighted by Gasteiger charge is -2.06. The summed E-state index contributed by atoms with van der Waals surface area (Å²) in [6.45, 7) is 3.44. The summed E-state index contributed by atoms with van der Waals surface area (Å²) in [6, 6.07) is 1.90. The van der Waals surface area contributed by atoms with E-state index in [0.29, 0.717) is 5.70 Å². The first-order valence-electron chi connectivity index (χ1n) is 5.52. The van der Waals surface area contributed by atoms with Crippen molar-refractivity contribution in [2.45, 2.75) is 6.10 Å². The summed E-state index contributed by atoms with van der Waals surface area (Å²) < 4.78 is 10.4. The quantitative estimate of drug-likeness (QED) is 0.714. The van der Waals surface area contributed by atoms with Crippen LogP contribution in [-0.2, 0) is 9.47 Å². The minimum atomic E-state index is 0.130. The predicted octanol–water partition coefficient (Wildman–Crippen LogP) is 2.00. The van der Waals surface area contributed by atoms with Crippen molar-refractivity contribution in [3.05, 3.63) is 47.4 Å². The van der Waals surface area contributed by atoms with E-state index in [1.807, 2.05) is 18.2 Å². The second kappa shape index (κ2) is 6.08. The molecule has 1 unspecified atom stereocenters. The second-order valence-electron chi connectivity index (χ2n) is 4.07. The van der Waals surface area contributed by atoms with Gasteiger partial charge in [0.2, 0.25) is 0 Å². The van der Waals surface area contributed by atoms with Gasteiger partial charge in [-0.05, 0) is 11.6 Å². The van der Waals surface area contributed by atoms with E-state index in [1.54, 1.807) is 33.2 Å². The molecule has 0 amide bonds. The van der Waals surface area contributed by atoms with E-state index in [1.165, 1.54) is 5.57 Å². The highest BCUT2D eigenvalue weighted by atomic mass is 16.5. The fourth-order valence-electron chi connectivity index (χ4n) is 1.65. The third kappa shape index (κ3) is 2.82. The van der Waals surface area contributed by atoms with Crippen LogP contribution < -0.4 is 0 Å². The summed E-state index contributed by atoms with van der Waals surface area (Å²) in [4.78, 5) is 1.67. The number of allylic oxidation sites excluding steroid dienone is 2. The molecule has 1 atom stereocenters. The van der Waals surface area contributed by atoms with Gasteiger partial charge >= 0.3 is 0 Å². The van der Waals surface area contributed by atoms with Gasteiger partial charge in [0.15, 0.2) is 0 Å². The molecule has 0 N–H and O–H groups in total. The Bertz CT molecular complexity index is 465. The molecular formula is C14H18N2O2. The zero-order valence-corrected chi connectivity index (χ0v) is 11.2. The van der Waals surface area contributed by atoms with Crippen LogP contribution >= 0.6 is 0 Å². The lowest BCUT2D eigenvalue weighted by molar-refractivity contribution is 0.167. The molecule has 18 heavy (non-hydrogen) atoms. The van der Waals surface area contributed by atoms with Crippen LogP contribution in [0, 0.1) is 11.3 Å². The molecule has 2 aliphatic rings. The van der Waals surface area contributed by atoms with Gasteiger partial charge in [-0.25, -0.2) is 0 Å². The van der Waals surface area contributed by atoms with Crippen molar-refractivity contribution >= 4 is 0 Å². The number of hydrogen-bond donors (Lipinski definition) is 0. The van der Waals surface area contributed by atoms with E-state index < -0.39 is 0 Å². The first-order valence-corrected chi connectivity index (χ1v) is 5.52. The van der Waals surface area contributed by atoms with Crippen molar-refractivity contribution in [1.82, 2.24) is 4.90 Å². The van der Waals surface area contributed by atoms with Crippen molar-refractivity contribution in [2.24, 2.45) is 0 Å². The molecule has 2 rings (SSSR count). The second-order valence-corrected chi connectivity index (χ2v) is 4.07. The monoisotopic (exact) mass is 246 g/mol. The minimum absolute atomic E-state index is 0.130. The number of rotatable bonds is 3. The standard InChI is InChI=1S/C9H10O2.C5H8N2/c1-10-8-5-6-3-4-7(8)9(6)11-2;1-5(4-6)7(2)3/h3-5,9H,1-2H3;1H2,2-3H3. The van der Waals surface area contributed by atoms with E-state index in [0.717, 1.165) is 11.3 Å². The van der Waals surface area contributed by atoms with Gasteiger partial charge in [0.1, 0.15) is 23.6 Å². The third-order valence-corrected chi connectivity index (χ3v) is 2.75. The number of methoxy groups -OCH3 is 2. The normalized spacial score (nSPS) is 18.8. The molecule has 0 fully saturated rings. The largest absolute Gasteiger partial charge is 0.496 e. The minimum Gasteiger partial charge on any atom is -0.496 e. The van der Waals surface area contributed by atoms with Crippen molar-refractivity contribution < 1.29 is 9.47 Å². The molecule has 0 saturated heterocycles. The van der Waals surface area contributed by atoms with Crippen LogP contribution in [0.2, 0.25) is 0 Å². The zero-order valence-electron chi connectivity index (χ0n) is 11.2. The van der Waals surface area contributed by atoms with Crippen LogP contribution in [0.3, 0.4) is 0 Å². The topological polar surface area (TPSA) is 45.5 Å². The Morgan fingerprint density at radius 1 is 1.39 bits per heavy atom. The molecule has 4 heteroatoms. The lowest BCUT2D eigenvalue weighted by atomic mass is 10.2. The molecule has 0 aromatic rings. The number of nitriles is 1. The fourth-order valence-corrected chi connectivity index (χ4v) is 1.65. The third-order valence-electron chi connectivity index (χ3n) is 2.75.